The lowest BCUT2D eigenvalue weighted by Gasteiger charge is -2.34. The summed E-state index contributed by atoms with van der Waals surface area (Å²) >= 11 is 0. The zero-order chi connectivity index (χ0) is 55.3. The van der Waals surface area contributed by atoms with Crippen LogP contribution in [0.4, 0.5) is 13.2 Å². The molecule has 7 nitrogen and oxygen atoms in total. The standard InChI is InChI=1S/C34H49BO3.C29H37F3O4S/c1-9-34(10-2,29-17-18-30(26(4)24-29)35-37-31(5,6)32(7,8)38-35)28-16-15-27(25(3)23-28)19-22-33(36)20-13-11-12-14-21-33;1-5-28(6-2,25-13-14-26(22(4)20-25)36-37(34,35)29(30,31)32)24-12-11-23(21(3)19-24)15-18-27(33)16-9-7-8-10-17-27/h15-19,22-24,36H,9-14,20-21H2,1-8H3;11-15,18-20,33H,5-10,16-17H2,1-4H3/b22-19+;18-15+. The van der Waals surface area contributed by atoms with Crippen LogP contribution in [-0.2, 0) is 30.3 Å². The van der Waals surface area contributed by atoms with Crippen molar-refractivity contribution in [1.29, 1.82) is 0 Å². The van der Waals surface area contributed by atoms with Gasteiger partial charge in [0.1, 0.15) is 5.75 Å². The van der Waals surface area contributed by atoms with Crippen molar-refractivity contribution in [3.8, 4) is 5.75 Å². The molecule has 2 saturated carbocycles. The van der Waals surface area contributed by atoms with Crippen molar-refractivity contribution in [2.24, 2.45) is 0 Å². The number of aliphatic hydroxyl groups is 2. The van der Waals surface area contributed by atoms with E-state index in [0.717, 1.165) is 118 Å². The molecule has 2 N–H and O–H groups in total. The van der Waals surface area contributed by atoms with Crippen molar-refractivity contribution in [3.05, 3.63) is 141 Å². The third-order valence-corrected chi connectivity index (χ3v) is 18.6. The second-order valence-corrected chi connectivity index (χ2v) is 24.6. The van der Waals surface area contributed by atoms with Crippen LogP contribution in [0.1, 0.15) is 214 Å². The lowest BCUT2D eigenvalue weighted by atomic mass is 9.68. The van der Waals surface area contributed by atoms with Gasteiger partial charge >= 0.3 is 22.7 Å². The molecular formula is C63H86BF3O7S. The van der Waals surface area contributed by atoms with Gasteiger partial charge in [0.25, 0.3) is 0 Å². The first kappa shape index (κ1) is 60.0. The van der Waals surface area contributed by atoms with E-state index in [9.17, 15) is 31.8 Å². The fourth-order valence-electron chi connectivity index (χ4n) is 11.7. The summed E-state index contributed by atoms with van der Waals surface area (Å²) in [6.45, 7) is 25.1. The van der Waals surface area contributed by atoms with Gasteiger partial charge < -0.3 is 23.7 Å². The van der Waals surface area contributed by atoms with Gasteiger partial charge in [-0.1, -0.05) is 176 Å². The average molecular weight is 1060 g/mol. The quantitative estimate of drug-likeness (QED) is 0.0529. The Morgan fingerprint density at radius 3 is 1.23 bits per heavy atom. The summed E-state index contributed by atoms with van der Waals surface area (Å²) in [6.07, 6.45) is 24.0. The lowest BCUT2D eigenvalue weighted by molar-refractivity contribution is -0.0500. The van der Waals surface area contributed by atoms with Gasteiger partial charge in [-0.3, -0.25) is 0 Å². The van der Waals surface area contributed by atoms with E-state index < -0.39 is 32.2 Å². The second-order valence-electron chi connectivity index (χ2n) is 23.0. The maximum Gasteiger partial charge on any atom is 0.534 e. The van der Waals surface area contributed by atoms with E-state index in [1.54, 1.807) is 12.1 Å². The minimum absolute atomic E-state index is 0.0638. The largest absolute Gasteiger partial charge is 0.534 e. The number of rotatable bonds is 15. The van der Waals surface area contributed by atoms with Gasteiger partial charge in [0.2, 0.25) is 0 Å². The van der Waals surface area contributed by atoms with Gasteiger partial charge in [-0.2, -0.15) is 21.6 Å². The maximum absolute atomic E-state index is 12.8. The highest BCUT2D eigenvalue weighted by atomic mass is 32.2. The molecule has 0 amide bonds. The van der Waals surface area contributed by atoms with Crippen LogP contribution < -0.4 is 9.65 Å². The molecule has 3 aliphatic rings. The molecule has 0 unspecified atom stereocenters. The van der Waals surface area contributed by atoms with Crippen LogP contribution in [0.5, 0.6) is 5.75 Å². The molecule has 4 aromatic carbocycles. The van der Waals surface area contributed by atoms with Gasteiger partial charge in [0, 0.05) is 10.8 Å². The molecule has 1 aliphatic heterocycles. The average Bonchev–Trinajstić information content (AvgIpc) is 3.57. The normalized spacial score (nSPS) is 19.1. The Kier molecular flexibility index (Phi) is 19.1. The first-order valence-electron chi connectivity index (χ1n) is 27.8. The molecule has 12 heteroatoms. The molecule has 0 radical (unpaired) electrons. The van der Waals surface area contributed by atoms with Crippen molar-refractivity contribution in [2.75, 3.05) is 0 Å². The summed E-state index contributed by atoms with van der Waals surface area (Å²) in [5.41, 5.74) is 3.72. The predicted octanol–water partition coefficient (Wildman–Crippen LogP) is 15.5. The Morgan fingerprint density at radius 2 is 0.893 bits per heavy atom. The Labute approximate surface area is 449 Å². The van der Waals surface area contributed by atoms with Crippen LogP contribution >= 0.6 is 0 Å². The summed E-state index contributed by atoms with van der Waals surface area (Å²) in [7, 11) is -6.08. The molecule has 0 bridgehead atoms. The van der Waals surface area contributed by atoms with E-state index in [-0.39, 0.29) is 29.5 Å². The van der Waals surface area contributed by atoms with E-state index >= 15 is 0 Å². The minimum Gasteiger partial charge on any atom is -0.399 e. The number of aryl methyl sites for hydroxylation is 4. The Hall–Kier alpha value is -4.20. The van der Waals surface area contributed by atoms with Crippen molar-refractivity contribution in [2.45, 2.75) is 225 Å². The van der Waals surface area contributed by atoms with Gasteiger partial charge in [-0.05, 0) is 168 Å². The molecule has 0 aromatic heterocycles. The molecule has 0 spiro atoms. The molecule has 1 heterocycles. The van der Waals surface area contributed by atoms with Crippen LogP contribution in [-0.4, -0.2) is 53.7 Å². The van der Waals surface area contributed by atoms with Crippen LogP contribution in [0.15, 0.2) is 84.9 Å². The Balaban J connectivity index is 0.000000244. The van der Waals surface area contributed by atoms with Gasteiger partial charge in [0.05, 0.1) is 22.4 Å². The third kappa shape index (κ3) is 13.4. The maximum atomic E-state index is 12.8. The summed E-state index contributed by atoms with van der Waals surface area (Å²) < 4.78 is 78.4. The fourth-order valence-corrected chi connectivity index (χ4v) is 12.2. The molecule has 2 aliphatic carbocycles. The van der Waals surface area contributed by atoms with E-state index in [1.807, 2.05) is 25.1 Å². The van der Waals surface area contributed by atoms with Crippen molar-refractivity contribution in [1.82, 2.24) is 0 Å². The summed E-state index contributed by atoms with van der Waals surface area (Å²) in [5, 5.41) is 22.1. The SMILES string of the molecule is CCC(CC)(c1ccc(/C=C/C2(O)CCCCCC2)c(C)c1)c1ccc(B2OC(C)(C)C(C)(C)O2)c(C)c1.CCC(CC)(c1ccc(/C=C/C2(O)CCCCCC2)c(C)c1)c1ccc(OS(=O)(=O)C(F)(F)F)c(C)c1. The van der Waals surface area contributed by atoms with Crippen LogP contribution in [0.25, 0.3) is 12.2 Å². The molecule has 1 saturated heterocycles. The second kappa shape index (κ2) is 23.8. The van der Waals surface area contributed by atoms with Crippen LogP contribution in [0.2, 0.25) is 0 Å². The summed E-state index contributed by atoms with van der Waals surface area (Å²) in [6, 6.07) is 24.6. The zero-order valence-electron chi connectivity index (χ0n) is 47.1. The third-order valence-electron chi connectivity index (χ3n) is 17.7. The molecule has 0 atom stereocenters. The van der Waals surface area contributed by atoms with Crippen molar-refractivity contribution >= 4 is 34.9 Å². The molecule has 3 fully saturated rings. The van der Waals surface area contributed by atoms with Gasteiger partial charge in [-0.25, -0.2) is 0 Å². The highest BCUT2D eigenvalue weighted by Gasteiger charge is 2.52. The molecule has 7 rings (SSSR count). The molecule has 75 heavy (non-hydrogen) atoms. The van der Waals surface area contributed by atoms with Crippen LogP contribution in [0, 0.1) is 27.7 Å². The molecule has 4 aromatic rings. The lowest BCUT2D eigenvalue weighted by Crippen LogP contribution is -2.41. The fraction of sp³-hybridized carbons (Fsp3) is 0.556. The smallest absolute Gasteiger partial charge is 0.399 e. The summed E-state index contributed by atoms with van der Waals surface area (Å²) in [4.78, 5) is 0. The minimum atomic E-state index is -5.74. The number of hydrogen-bond acceptors (Lipinski definition) is 7. The highest BCUT2D eigenvalue weighted by molar-refractivity contribution is 7.88. The monoisotopic (exact) mass is 1050 g/mol. The topological polar surface area (TPSA) is 102 Å². The van der Waals surface area contributed by atoms with E-state index in [4.69, 9.17) is 9.31 Å². The molecular weight excluding hydrogens is 969 g/mol. The Morgan fingerprint density at radius 1 is 0.547 bits per heavy atom. The Bertz CT molecular complexity index is 2740. The van der Waals surface area contributed by atoms with E-state index in [1.165, 1.54) is 53.6 Å². The number of hydrogen-bond donors (Lipinski definition) is 2. The van der Waals surface area contributed by atoms with E-state index in [2.05, 4.69) is 134 Å². The first-order valence-corrected chi connectivity index (χ1v) is 29.2. The first-order chi connectivity index (χ1) is 35.1. The zero-order valence-corrected chi connectivity index (χ0v) is 47.9. The van der Waals surface area contributed by atoms with Gasteiger partial charge in [0.15, 0.2) is 0 Å². The van der Waals surface area contributed by atoms with E-state index in [0.29, 0.717) is 5.56 Å². The summed E-state index contributed by atoms with van der Waals surface area (Å²) in [5.74, 6) is -0.338. The highest BCUT2D eigenvalue weighted by Crippen LogP contribution is 2.44. The van der Waals surface area contributed by atoms with Crippen molar-refractivity contribution < 1.29 is 45.3 Å². The molecule has 410 valence electrons. The number of benzene rings is 4. The van der Waals surface area contributed by atoms with Gasteiger partial charge in [-0.15, -0.1) is 0 Å². The predicted molar refractivity (Wildman–Crippen MR) is 302 cm³/mol. The number of halogens is 3. The van der Waals surface area contributed by atoms with Crippen molar-refractivity contribution in [3.63, 3.8) is 0 Å². The van der Waals surface area contributed by atoms with Crippen LogP contribution in [0.3, 0.4) is 0 Å². The number of alkyl halides is 3.